The van der Waals surface area contributed by atoms with E-state index in [4.69, 9.17) is 0 Å². The van der Waals surface area contributed by atoms with Gasteiger partial charge in [-0.3, -0.25) is 10.1 Å². The number of hydrogen-bond acceptors (Lipinski definition) is 5. The second kappa shape index (κ2) is 4.87. The summed E-state index contributed by atoms with van der Waals surface area (Å²) in [5, 5.41) is 14.8. The topological polar surface area (TPSA) is 89.3 Å². The Labute approximate surface area is 104 Å². The summed E-state index contributed by atoms with van der Waals surface area (Å²) in [5.41, 5.74) is 0.783. The molecule has 2 rings (SSSR count). The molecule has 0 saturated carbocycles. The Morgan fingerprint density at radius 1 is 1.44 bits per heavy atom. The summed E-state index contributed by atoms with van der Waals surface area (Å²) in [4.78, 5) is 10.1. The molecule has 1 aliphatic rings. The van der Waals surface area contributed by atoms with Crippen LogP contribution in [0, 0.1) is 10.1 Å². The molecular formula is C11H12N2O4S. The van der Waals surface area contributed by atoms with Crippen molar-refractivity contribution in [2.75, 3.05) is 5.75 Å². The first kappa shape index (κ1) is 12.7. The number of nitro groups is 1. The highest BCUT2D eigenvalue weighted by Gasteiger charge is 2.20. The van der Waals surface area contributed by atoms with Crippen molar-refractivity contribution in [1.82, 2.24) is 5.32 Å². The number of nitro benzene ring substituents is 1. The van der Waals surface area contributed by atoms with Crippen LogP contribution in [-0.4, -0.2) is 25.1 Å². The number of nitrogens with one attached hydrogen (secondary N) is 1. The van der Waals surface area contributed by atoms with E-state index in [1.54, 1.807) is 18.2 Å². The molecule has 1 unspecified atom stereocenters. The SMILES string of the molecule is O=[N+]([O-])c1cccc(CNC2C=CS(=O)(=O)C2)c1. The van der Waals surface area contributed by atoms with E-state index in [0.717, 1.165) is 5.56 Å². The Hall–Kier alpha value is -1.73. The van der Waals surface area contributed by atoms with Crippen LogP contribution in [0.25, 0.3) is 0 Å². The molecule has 1 aliphatic heterocycles. The van der Waals surface area contributed by atoms with Crippen LogP contribution < -0.4 is 5.32 Å². The van der Waals surface area contributed by atoms with Gasteiger partial charge in [0.2, 0.25) is 0 Å². The summed E-state index contributed by atoms with van der Waals surface area (Å²) < 4.78 is 22.4. The minimum Gasteiger partial charge on any atom is -0.305 e. The van der Waals surface area contributed by atoms with Crippen LogP contribution in [0.2, 0.25) is 0 Å². The first-order chi connectivity index (χ1) is 8.46. The van der Waals surface area contributed by atoms with Crippen LogP contribution >= 0.6 is 0 Å². The van der Waals surface area contributed by atoms with E-state index in [0.29, 0.717) is 6.54 Å². The fourth-order valence-electron chi connectivity index (χ4n) is 1.73. The fraction of sp³-hybridized carbons (Fsp3) is 0.273. The molecule has 1 aromatic carbocycles. The maximum Gasteiger partial charge on any atom is 0.269 e. The van der Waals surface area contributed by atoms with E-state index in [9.17, 15) is 18.5 Å². The predicted octanol–water partition coefficient (Wildman–Crippen LogP) is 0.995. The Morgan fingerprint density at radius 2 is 2.22 bits per heavy atom. The third-order valence-electron chi connectivity index (χ3n) is 2.62. The molecule has 0 fully saturated rings. The van der Waals surface area contributed by atoms with Crippen molar-refractivity contribution in [1.29, 1.82) is 0 Å². The van der Waals surface area contributed by atoms with Gasteiger partial charge in [-0.2, -0.15) is 0 Å². The van der Waals surface area contributed by atoms with Gasteiger partial charge in [-0.05, 0) is 5.56 Å². The van der Waals surface area contributed by atoms with E-state index >= 15 is 0 Å². The van der Waals surface area contributed by atoms with Crippen molar-refractivity contribution in [3.63, 3.8) is 0 Å². The van der Waals surface area contributed by atoms with Gasteiger partial charge in [0.25, 0.3) is 5.69 Å². The van der Waals surface area contributed by atoms with E-state index in [-0.39, 0.29) is 17.5 Å². The minimum absolute atomic E-state index is 0.0314. The molecule has 0 amide bonds. The summed E-state index contributed by atoms with van der Waals surface area (Å²) in [6.45, 7) is 0.395. The lowest BCUT2D eigenvalue weighted by molar-refractivity contribution is -0.384. The van der Waals surface area contributed by atoms with E-state index in [2.05, 4.69) is 5.32 Å². The number of benzene rings is 1. The molecule has 1 heterocycles. The monoisotopic (exact) mass is 268 g/mol. The molecule has 96 valence electrons. The zero-order valence-corrected chi connectivity index (χ0v) is 10.3. The maximum atomic E-state index is 11.2. The molecule has 1 N–H and O–H groups in total. The van der Waals surface area contributed by atoms with Gasteiger partial charge in [0, 0.05) is 30.1 Å². The van der Waals surface area contributed by atoms with Crippen LogP contribution in [0.1, 0.15) is 5.56 Å². The molecule has 0 aromatic heterocycles. The molecule has 0 bridgehead atoms. The number of sulfone groups is 1. The quantitative estimate of drug-likeness (QED) is 0.650. The second-order valence-corrected chi connectivity index (χ2v) is 6.00. The Balaban J connectivity index is 1.97. The Morgan fingerprint density at radius 3 is 2.83 bits per heavy atom. The third kappa shape index (κ3) is 3.14. The van der Waals surface area contributed by atoms with Gasteiger partial charge in [-0.25, -0.2) is 8.42 Å². The molecule has 6 nitrogen and oxygen atoms in total. The van der Waals surface area contributed by atoms with Crippen molar-refractivity contribution < 1.29 is 13.3 Å². The standard InChI is InChI=1S/C11H12N2O4S/c14-13(15)11-3-1-2-9(6-11)7-12-10-4-5-18(16,17)8-10/h1-6,10,12H,7-8H2. The van der Waals surface area contributed by atoms with Crippen molar-refractivity contribution in [2.24, 2.45) is 0 Å². The molecule has 18 heavy (non-hydrogen) atoms. The lowest BCUT2D eigenvalue weighted by Gasteiger charge is -2.09. The summed E-state index contributed by atoms with van der Waals surface area (Å²) in [7, 11) is -3.07. The van der Waals surface area contributed by atoms with E-state index in [1.807, 2.05) is 0 Å². The first-order valence-corrected chi connectivity index (χ1v) is 7.05. The normalized spacial score (nSPS) is 21.0. The van der Waals surface area contributed by atoms with Crippen molar-refractivity contribution in [3.8, 4) is 0 Å². The number of rotatable bonds is 4. The first-order valence-electron chi connectivity index (χ1n) is 5.34. The molecule has 0 aliphatic carbocycles. The molecule has 0 saturated heterocycles. The van der Waals surface area contributed by atoms with Crippen LogP contribution in [0.3, 0.4) is 0 Å². The van der Waals surface area contributed by atoms with Crippen molar-refractivity contribution >= 4 is 15.5 Å². The highest BCUT2D eigenvalue weighted by atomic mass is 32.2. The maximum absolute atomic E-state index is 11.2. The highest BCUT2D eigenvalue weighted by Crippen LogP contribution is 2.14. The molecule has 1 aromatic rings. The minimum atomic E-state index is -3.07. The molecule has 0 spiro atoms. The lowest BCUT2D eigenvalue weighted by atomic mass is 10.2. The van der Waals surface area contributed by atoms with E-state index in [1.165, 1.54) is 17.5 Å². The number of non-ortho nitro benzene ring substituents is 1. The van der Waals surface area contributed by atoms with Crippen molar-refractivity contribution in [3.05, 3.63) is 51.4 Å². The van der Waals surface area contributed by atoms with Gasteiger partial charge in [-0.1, -0.05) is 18.2 Å². The van der Waals surface area contributed by atoms with Gasteiger partial charge in [0.1, 0.15) is 0 Å². The summed E-state index contributed by atoms with van der Waals surface area (Å²) in [6.07, 6.45) is 1.59. The largest absolute Gasteiger partial charge is 0.305 e. The summed E-state index contributed by atoms with van der Waals surface area (Å²) in [6, 6.07) is 6.03. The smallest absolute Gasteiger partial charge is 0.269 e. The third-order valence-corrected chi connectivity index (χ3v) is 4.02. The number of nitrogens with zero attached hydrogens (tertiary/aromatic N) is 1. The predicted molar refractivity (Wildman–Crippen MR) is 66.7 cm³/mol. The summed E-state index contributed by atoms with van der Waals surface area (Å²) >= 11 is 0. The second-order valence-electron chi connectivity index (χ2n) is 4.07. The highest BCUT2D eigenvalue weighted by molar-refractivity contribution is 7.94. The van der Waals surface area contributed by atoms with Gasteiger partial charge in [0.15, 0.2) is 9.84 Å². The number of hydrogen-bond donors (Lipinski definition) is 1. The molecule has 1 atom stereocenters. The molecule has 0 radical (unpaired) electrons. The van der Waals surface area contributed by atoms with Gasteiger partial charge in [-0.15, -0.1) is 0 Å². The summed E-state index contributed by atoms with van der Waals surface area (Å²) in [5.74, 6) is 0.0436. The van der Waals surface area contributed by atoms with Crippen molar-refractivity contribution in [2.45, 2.75) is 12.6 Å². The van der Waals surface area contributed by atoms with Crippen LogP contribution in [-0.2, 0) is 16.4 Å². The Kier molecular flexibility index (Phi) is 3.44. The zero-order valence-electron chi connectivity index (χ0n) is 9.44. The van der Waals surface area contributed by atoms with Crippen LogP contribution in [0.15, 0.2) is 35.7 Å². The molecular weight excluding hydrogens is 256 g/mol. The van der Waals surface area contributed by atoms with Gasteiger partial charge < -0.3 is 5.32 Å². The molecule has 7 heteroatoms. The zero-order chi connectivity index (χ0) is 13.2. The Bertz CT molecular complexity index is 595. The lowest BCUT2D eigenvalue weighted by Crippen LogP contribution is -2.29. The van der Waals surface area contributed by atoms with Gasteiger partial charge in [0.05, 0.1) is 10.7 Å². The fourth-order valence-corrected chi connectivity index (χ4v) is 3.00. The van der Waals surface area contributed by atoms with Crippen LogP contribution in [0.5, 0.6) is 0 Å². The average Bonchev–Trinajstić information content (AvgIpc) is 2.67. The van der Waals surface area contributed by atoms with Gasteiger partial charge >= 0.3 is 0 Å². The van der Waals surface area contributed by atoms with E-state index < -0.39 is 14.8 Å². The average molecular weight is 268 g/mol. The van der Waals surface area contributed by atoms with Crippen LogP contribution in [0.4, 0.5) is 5.69 Å².